The summed E-state index contributed by atoms with van der Waals surface area (Å²) in [4.78, 5) is 27.1. The van der Waals surface area contributed by atoms with Gasteiger partial charge in [-0.15, -0.1) is 0 Å². The maximum Gasteiger partial charge on any atom is 0.311 e. The van der Waals surface area contributed by atoms with E-state index >= 15 is 0 Å². The van der Waals surface area contributed by atoms with Crippen LogP contribution in [0.15, 0.2) is 34.7 Å². The third-order valence-electron chi connectivity index (χ3n) is 5.50. The van der Waals surface area contributed by atoms with Crippen molar-refractivity contribution in [3.05, 3.63) is 35.9 Å². The number of amides is 2. The minimum atomic E-state index is -2.64. The first-order valence-corrected chi connectivity index (χ1v) is 11.1. The summed E-state index contributed by atoms with van der Waals surface area (Å²) < 4.78 is 34.3. The van der Waals surface area contributed by atoms with Crippen LogP contribution in [-0.4, -0.2) is 62.9 Å². The van der Waals surface area contributed by atoms with E-state index in [-0.39, 0.29) is 18.6 Å². The highest BCUT2D eigenvalue weighted by Gasteiger charge is 2.67. The van der Waals surface area contributed by atoms with Crippen LogP contribution in [0.2, 0.25) is 0 Å². The van der Waals surface area contributed by atoms with E-state index in [1.54, 1.807) is 14.2 Å². The lowest BCUT2D eigenvalue weighted by Gasteiger charge is -2.43. The molecule has 11 heteroatoms. The standard InChI is InChI=1S/C18H24N4O5S2/c1-19-28-17(24)20-16(23)18(11-15(18)21-29(25)26)22-9-8-13(27-2)10-14(22)12-6-4-3-5-7-12/h3-7,13-15,19H,8-11H2,1-2H3,(H,20,23,24). The molecule has 1 heterocycles. The fourth-order valence-electron chi connectivity index (χ4n) is 4.08. The van der Waals surface area contributed by atoms with Gasteiger partial charge in [-0.25, -0.2) is 0 Å². The number of imide groups is 1. The largest absolute Gasteiger partial charge is 0.381 e. The summed E-state index contributed by atoms with van der Waals surface area (Å²) >= 11 is 0.755. The number of ether oxygens (including phenoxy) is 1. The Balaban J connectivity index is 1.96. The maximum absolute atomic E-state index is 13.1. The minimum absolute atomic E-state index is 0.0285. The van der Waals surface area contributed by atoms with E-state index in [0.29, 0.717) is 19.4 Å². The smallest absolute Gasteiger partial charge is 0.311 e. The third-order valence-corrected chi connectivity index (χ3v) is 6.42. The predicted molar refractivity (Wildman–Crippen MR) is 109 cm³/mol. The highest BCUT2D eigenvalue weighted by atomic mass is 32.2. The molecule has 158 valence electrons. The van der Waals surface area contributed by atoms with Gasteiger partial charge in [-0.2, -0.15) is 12.8 Å². The Hall–Kier alpha value is -1.79. The van der Waals surface area contributed by atoms with Gasteiger partial charge in [0.15, 0.2) is 0 Å². The van der Waals surface area contributed by atoms with Crippen LogP contribution in [0.4, 0.5) is 4.79 Å². The molecule has 1 aliphatic heterocycles. The molecule has 3 rings (SSSR count). The molecule has 0 aromatic heterocycles. The molecule has 1 aliphatic carbocycles. The van der Waals surface area contributed by atoms with Gasteiger partial charge < -0.3 is 4.74 Å². The summed E-state index contributed by atoms with van der Waals surface area (Å²) in [6, 6.07) is 8.83. The van der Waals surface area contributed by atoms with Crippen LogP contribution in [0.3, 0.4) is 0 Å². The number of carbonyl (C=O) groups is 2. The molecule has 1 saturated carbocycles. The number of methoxy groups -OCH3 is 1. The lowest BCUT2D eigenvalue weighted by Crippen LogP contribution is -2.56. The van der Waals surface area contributed by atoms with E-state index in [4.69, 9.17) is 4.74 Å². The molecule has 0 spiro atoms. The summed E-state index contributed by atoms with van der Waals surface area (Å²) in [5, 5.41) is 1.82. The Bertz CT molecular complexity index is 887. The number of likely N-dealkylation sites (tertiary alicyclic amines) is 1. The normalized spacial score (nSPS) is 29.1. The zero-order valence-electron chi connectivity index (χ0n) is 16.2. The van der Waals surface area contributed by atoms with Crippen molar-refractivity contribution >= 4 is 33.6 Å². The summed E-state index contributed by atoms with van der Waals surface area (Å²) in [5.41, 5.74) is -0.172. The molecular formula is C18H24N4O5S2. The number of nitrogens with zero attached hydrogens (tertiary/aromatic N) is 2. The first-order valence-electron chi connectivity index (χ1n) is 9.26. The van der Waals surface area contributed by atoms with E-state index in [9.17, 15) is 18.0 Å². The predicted octanol–water partition coefficient (Wildman–Crippen LogP) is 1.52. The van der Waals surface area contributed by atoms with Crippen molar-refractivity contribution in [2.75, 3.05) is 20.7 Å². The zero-order valence-corrected chi connectivity index (χ0v) is 17.8. The van der Waals surface area contributed by atoms with Crippen molar-refractivity contribution in [3.8, 4) is 0 Å². The van der Waals surface area contributed by atoms with Gasteiger partial charge in [0.1, 0.15) is 5.54 Å². The van der Waals surface area contributed by atoms with Crippen molar-refractivity contribution in [2.24, 2.45) is 4.36 Å². The fraction of sp³-hybridized carbons (Fsp3) is 0.556. The van der Waals surface area contributed by atoms with Crippen LogP contribution in [0.25, 0.3) is 0 Å². The molecule has 1 aromatic carbocycles. The van der Waals surface area contributed by atoms with Crippen molar-refractivity contribution in [3.63, 3.8) is 0 Å². The monoisotopic (exact) mass is 440 g/mol. The molecule has 29 heavy (non-hydrogen) atoms. The number of nitrogens with one attached hydrogen (secondary N) is 2. The summed E-state index contributed by atoms with van der Waals surface area (Å²) in [5.74, 6) is -0.527. The molecule has 1 saturated heterocycles. The SMILES string of the molecule is CNSC(=O)NC(=O)C1(N2CCC(OC)CC2c2ccccc2)CC1N=S(=O)=O. The molecule has 4 unspecified atom stereocenters. The highest BCUT2D eigenvalue weighted by molar-refractivity contribution is 8.11. The lowest BCUT2D eigenvalue weighted by atomic mass is 9.90. The molecular weight excluding hydrogens is 416 g/mol. The average Bonchev–Trinajstić information content (AvgIpc) is 3.42. The molecule has 1 aromatic rings. The fourth-order valence-corrected chi connectivity index (χ4v) is 4.87. The van der Waals surface area contributed by atoms with E-state index in [0.717, 1.165) is 17.5 Å². The van der Waals surface area contributed by atoms with Gasteiger partial charge in [0.05, 0.1) is 12.1 Å². The average molecular weight is 441 g/mol. The second-order valence-corrected chi connectivity index (χ2v) is 8.64. The number of piperidine rings is 1. The Morgan fingerprint density at radius 2 is 2.03 bits per heavy atom. The van der Waals surface area contributed by atoms with Gasteiger partial charge in [-0.3, -0.25) is 24.5 Å². The maximum atomic E-state index is 13.1. The van der Waals surface area contributed by atoms with Crippen LogP contribution in [0, 0.1) is 0 Å². The summed E-state index contributed by atoms with van der Waals surface area (Å²) in [7, 11) is 0.592. The number of hydrogen-bond acceptors (Lipinski definition) is 9. The quantitative estimate of drug-likeness (QED) is 0.640. The summed E-state index contributed by atoms with van der Waals surface area (Å²) in [6.07, 6.45) is 1.62. The molecule has 2 fully saturated rings. The van der Waals surface area contributed by atoms with Crippen LogP contribution >= 0.6 is 11.9 Å². The third kappa shape index (κ3) is 4.69. The van der Waals surface area contributed by atoms with Gasteiger partial charge >= 0.3 is 15.7 Å². The van der Waals surface area contributed by atoms with Crippen LogP contribution in [0.1, 0.15) is 30.9 Å². The number of rotatable bonds is 6. The Morgan fingerprint density at radius 1 is 1.31 bits per heavy atom. The van der Waals surface area contributed by atoms with Crippen molar-refractivity contribution in [2.45, 2.75) is 43.0 Å². The van der Waals surface area contributed by atoms with E-state index in [1.807, 2.05) is 35.2 Å². The van der Waals surface area contributed by atoms with Gasteiger partial charge in [0, 0.05) is 38.1 Å². The van der Waals surface area contributed by atoms with Crippen molar-refractivity contribution in [1.82, 2.24) is 14.9 Å². The molecule has 2 aliphatic rings. The van der Waals surface area contributed by atoms with Crippen LogP contribution in [0.5, 0.6) is 0 Å². The Kier molecular flexibility index (Phi) is 7.06. The summed E-state index contributed by atoms with van der Waals surface area (Å²) in [6.45, 7) is 0.524. The number of benzene rings is 1. The van der Waals surface area contributed by atoms with E-state index in [1.165, 1.54) is 0 Å². The first kappa shape index (κ1) is 21.9. The second-order valence-electron chi connectivity index (χ2n) is 7.02. The van der Waals surface area contributed by atoms with E-state index in [2.05, 4.69) is 14.4 Å². The molecule has 2 amide bonds. The molecule has 0 bridgehead atoms. The molecule has 2 N–H and O–H groups in total. The van der Waals surface area contributed by atoms with Crippen LogP contribution < -0.4 is 10.0 Å². The van der Waals surface area contributed by atoms with E-state index < -0.39 is 33.2 Å². The molecule has 9 nitrogen and oxygen atoms in total. The second kappa shape index (κ2) is 9.35. The molecule has 0 radical (unpaired) electrons. The Morgan fingerprint density at radius 3 is 2.66 bits per heavy atom. The number of carbonyl (C=O) groups excluding carboxylic acids is 2. The van der Waals surface area contributed by atoms with Gasteiger partial charge in [0.2, 0.25) is 5.91 Å². The van der Waals surface area contributed by atoms with Gasteiger partial charge in [-0.05, 0) is 25.5 Å². The van der Waals surface area contributed by atoms with Gasteiger partial charge in [0.25, 0.3) is 0 Å². The molecule has 4 atom stereocenters. The topological polar surface area (TPSA) is 117 Å². The van der Waals surface area contributed by atoms with Gasteiger partial charge in [-0.1, -0.05) is 30.3 Å². The first-order chi connectivity index (χ1) is 13.9. The Labute approximate surface area is 175 Å². The van der Waals surface area contributed by atoms with Crippen LogP contribution in [-0.2, 0) is 20.0 Å². The lowest BCUT2D eigenvalue weighted by molar-refractivity contribution is -0.130. The van der Waals surface area contributed by atoms with Crippen molar-refractivity contribution < 1.29 is 22.7 Å². The highest BCUT2D eigenvalue weighted by Crippen LogP contribution is 2.51. The minimum Gasteiger partial charge on any atom is -0.381 e. The van der Waals surface area contributed by atoms with Crippen molar-refractivity contribution in [1.29, 1.82) is 0 Å². The zero-order chi connectivity index (χ0) is 21.0. The number of hydrogen-bond donors (Lipinski definition) is 2.